The van der Waals surface area contributed by atoms with Gasteiger partial charge in [0, 0.05) is 28.0 Å². The Morgan fingerprint density at radius 1 is 1.09 bits per heavy atom. The first kappa shape index (κ1) is 24.5. The fourth-order valence-corrected chi connectivity index (χ4v) is 4.42. The van der Waals surface area contributed by atoms with Crippen LogP contribution in [0.15, 0.2) is 66.4 Å². The number of nitrogens with zero attached hydrogens (tertiary/aromatic N) is 2. The van der Waals surface area contributed by atoms with Gasteiger partial charge in [0.15, 0.2) is 0 Å². The molecule has 3 aromatic rings. The summed E-state index contributed by atoms with van der Waals surface area (Å²) in [5.41, 5.74) is 2.70. The molecule has 35 heavy (non-hydrogen) atoms. The highest BCUT2D eigenvalue weighted by Crippen LogP contribution is 2.43. The maximum Gasteiger partial charge on any atom is 0.300 e. The van der Waals surface area contributed by atoms with Crippen molar-refractivity contribution in [1.29, 1.82) is 0 Å². The van der Waals surface area contributed by atoms with E-state index in [0.29, 0.717) is 27.7 Å². The summed E-state index contributed by atoms with van der Waals surface area (Å²) < 4.78 is 5.51. The number of aromatic nitrogens is 1. The van der Waals surface area contributed by atoms with Crippen molar-refractivity contribution in [2.24, 2.45) is 0 Å². The minimum Gasteiger partial charge on any atom is -0.507 e. The minimum absolute atomic E-state index is 0.0320. The maximum atomic E-state index is 13.3. The average Bonchev–Trinajstić information content (AvgIpc) is 3.10. The number of benzene rings is 2. The van der Waals surface area contributed by atoms with Crippen molar-refractivity contribution in [3.63, 3.8) is 0 Å². The van der Waals surface area contributed by atoms with Gasteiger partial charge in [0.2, 0.25) is 0 Å². The van der Waals surface area contributed by atoms with Gasteiger partial charge in [0.05, 0.1) is 18.4 Å². The van der Waals surface area contributed by atoms with Crippen molar-refractivity contribution in [1.82, 2.24) is 4.98 Å². The zero-order valence-electron chi connectivity index (χ0n) is 20.3. The largest absolute Gasteiger partial charge is 0.507 e. The molecule has 1 aliphatic heterocycles. The normalized spacial score (nSPS) is 17.7. The molecule has 7 heteroatoms. The number of amides is 1. The van der Waals surface area contributed by atoms with Crippen LogP contribution in [0.1, 0.15) is 49.2 Å². The Balaban J connectivity index is 1.95. The number of Topliss-reactive ketones (excluding diaryl/α,β-unsaturated/α-hetero) is 1. The summed E-state index contributed by atoms with van der Waals surface area (Å²) in [5, 5.41) is 11.9. The monoisotopic (exact) mass is 490 g/mol. The number of aryl methyl sites for hydroxylation is 1. The summed E-state index contributed by atoms with van der Waals surface area (Å²) in [5.74, 6) is -1.15. The number of aliphatic hydroxyl groups excluding tert-OH is 1. The van der Waals surface area contributed by atoms with Gasteiger partial charge in [0.1, 0.15) is 17.6 Å². The van der Waals surface area contributed by atoms with Crippen LogP contribution in [0.3, 0.4) is 0 Å². The van der Waals surface area contributed by atoms with E-state index in [9.17, 15) is 14.7 Å². The second-order valence-electron chi connectivity index (χ2n) is 9.52. The highest BCUT2D eigenvalue weighted by molar-refractivity contribution is 6.51. The third-order valence-corrected chi connectivity index (χ3v) is 6.53. The highest BCUT2D eigenvalue weighted by atomic mass is 35.5. The topological polar surface area (TPSA) is 79.7 Å². The molecule has 1 amide bonds. The van der Waals surface area contributed by atoms with Crippen molar-refractivity contribution in [2.75, 3.05) is 12.0 Å². The fraction of sp³-hybridized carbons (Fsp3) is 0.250. The Bertz CT molecular complexity index is 1340. The second kappa shape index (κ2) is 9.19. The van der Waals surface area contributed by atoms with Crippen molar-refractivity contribution in [2.45, 2.75) is 39.2 Å². The number of carbonyl (C=O) groups is 2. The number of methoxy groups -OCH3 is 1. The molecule has 1 aliphatic rings. The number of pyridine rings is 1. The molecule has 180 valence electrons. The van der Waals surface area contributed by atoms with Gasteiger partial charge in [-0.15, -0.1) is 0 Å². The third-order valence-electron chi connectivity index (χ3n) is 6.13. The molecule has 0 radical (unpaired) electrons. The summed E-state index contributed by atoms with van der Waals surface area (Å²) in [4.78, 5) is 32.4. The summed E-state index contributed by atoms with van der Waals surface area (Å²) in [6, 6.07) is 14.7. The lowest BCUT2D eigenvalue weighted by molar-refractivity contribution is -0.132. The first-order valence-corrected chi connectivity index (χ1v) is 11.6. The van der Waals surface area contributed by atoms with Crippen LogP contribution >= 0.6 is 11.6 Å². The molecule has 4 rings (SSSR count). The van der Waals surface area contributed by atoms with Crippen molar-refractivity contribution in [3.8, 4) is 5.75 Å². The minimum atomic E-state index is -0.921. The molecular weight excluding hydrogens is 464 g/mol. The summed E-state index contributed by atoms with van der Waals surface area (Å²) in [6.07, 6.45) is 1.59. The van der Waals surface area contributed by atoms with Crippen LogP contribution in [0.5, 0.6) is 5.75 Å². The van der Waals surface area contributed by atoms with Crippen molar-refractivity contribution >= 4 is 34.7 Å². The van der Waals surface area contributed by atoms with Gasteiger partial charge in [-0.05, 0) is 60.4 Å². The van der Waals surface area contributed by atoms with Crippen LogP contribution in [-0.2, 0) is 15.0 Å². The molecule has 0 saturated carbocycles. The first-order valence-electron chi connectivity index (χ1n) is 11.2. The Morgan fingerprint density at radius 2 is 1.83 bits per heavy atom. The molecule has 2 heterocycles. The zero-order chi connectivity index (χ0) is 25.5. The molecule has 1 atom stereocenters. The Kier molecular flexibility index (Phi) is 6.43. The SMILES string of the molecule is COc1ccc(/C(O)=C2/C(=O)C(=O)N(c3ccc(C)c(Cl)c3)C2c2ccccn2)cc1C(C)(C)C. The standard InChI is InChI=1S/C28H27ClN2O4/c1-16-9-11-18(15-20(16)29)31-24(21-8-6-7-13-30-21)23(26(33)27(31)34)25(32)17-10-12-22(35-5)19(14-17)28(2,3)4/h6-15,24,32H,1-5H3/b25-23-. The molecule has 1 saturated heterocycles. The lowest BCUT2D eigenvalue weighted by Gasteiger charge is -2.25. The molecule has 0 spiro atoms. The van der Waals surface area contributed by atoms with Gasteiger partial charge in [-0.3, -0.25) is 19.5 Å². The van der Waals surface area contributed by atoms with E-state index in [2.05, 4.69) is 4.98 Å². The van der Waals surface area contributed by atoms with Crippen LogP contribution in [0.25, 0.3) is 5.76 Å². The van der Waals surface area contributed by atoms with Gasteiger partial charge in [0.25, 0.3) is 11.7 Å². The van der Waals surface area contributed by atoms with E-state index in [4.69, 9.17) is 16.3 Å². The van der Waals surface area contributed by atoms with Crippen molar-refractivity contribution in [3.05, 3.63) is 93.8 Å². The first-order chi connectivity index (χ1) is 16.5. The number of hydrogen-bond acceptors (Lipinski definition) is 5. The summed E-state index contributed by atoms with van der Waals surface area (Å²) in [6.45, 7) is 7.95. The van der Waals surface area contributed by atoms with Crippen LogP contribution in [0.4, 0.5) is 5.69 Å². The predicted molar refractivity (Wildman–Crippen MR) is 137 cm³/mol. The predicted octanol–water partition coefficient (Wildman–Crippen LogP) is 5.98. The Hall–Kier alpha value is -3.64. The quantitative estimate of drug-likeness (QED) is 0.276. The van der Waals surface area contributed by atoms with E-state index in [0.717, 1.165) is 11.1 Å². The van der Waals surface area contributed by atoms with Crippen LogP contribution < -0.4 is 9.64 Å². The van der Waals surface area contributed by atoms with Crippen LogP contribution in [-0.4, -0.2) is 28.9 Å². The van der Waals surface area contributed by atoms with Crippen LogP contribution in [0, 0.1) is 6.92 Å². The lowest BCUT2D eigenvalue weighted by atomic mass is 9.84. The molecule has 1 unspecified atom stereocenters. The average molecular weight is 491 g/mol. The number of anilines is 1. The number of hydrogen-bond donors (Lipinski definition) is 1. The Morgan fingerprint density at radius 3 is 2.43 bits per heavy atom. The molecule has 1 N–H and O–H groups in total. The highest BCUT2D eigenvalue weighted by Gasteiger charge is 2.47. The number of ketones is 1. The number of halogens is 1. The van der Waals surface area contributed by atoms with E-state index < -0.39 is 17.7 Å². The lowest BCUT2D eigenvalue weighted by Crippen LogP contribution is -2.29. The molecule has 2 aromatic carbocycles. The second-order valence-corrected chi connectivity index (χ2v) is 9.93. The number of aliphatic hydroxyl groups is 1. The summed E-state index contributed by atoms with van der Waals surface area (Å²) in [7, 11) is 1.59. The van der Waals surface area contributed by atoms with E-state index in [1.54, 1.807) is 67.9 Å². The number of carbonyl (C=O) groups excluding carboxylic acids is 2. The van der Waals surface area contributed by atoms with E-state index in [1.807, 2.05) is 27.7 Å². The van der Waals surface area contributed by atoms with E-state index in [-0.39, 0.29) is 16.7 Å². The van der Waals surface area contributed by atoms with Gasteiger partial charge < -0.3 is 9.84 Å². The summed E-state index contributed by atoms with van der Waals surface area (Å²) >= 11 is 6.34. The molecule has 6 nitrogen and oxygen atoms in total. The third kappa shape index (κ3) is 4.42. The Labute approximate surface area is 209 Å². The van der Waals surface area contributed by atoms with Gasteiger partial charge in [-0.2, -0.15) is 0 Å². The van der Waals surface area contributed by atoms with Gasteiger partial charge in [-0.1, -0.05) is 44.5 Å². The molecule has 0 aliphatic carbocycles. The van der Waals surface area contributed by atoms with Gasteiger partial charge >= 0.3 is 0 Å². The zero-order valence-corrected chi connectivity index (χ0v) is 21.1. The van der Waals surface area contributed by atoms with Crippen molar-refractivity contribution < 1.29 is 19.4 Å². The van der Waals surface area contributed by atoms with Gasteiger partial charge in [-0.25, -0.2) is 0 Å². The molecule has 1 aromatic heterocycles. The maximum absolute atomic E-state index is 13.3. The van der Waals surface area contributed by atoms with E-state index >= 15 is 0 Å². The van der Waals surface area contributed by atoms with Crippen LogP contribution in [0.2, 0.25) is 5.02 Å². The molecule has 1 fully saturated rings. The van der Waals surface area contributed by atoms with E-state index in [1.165, 1.54) is 4.90 Å². The molecular formula is C28H27ClN2O4. The smallest absolute Gasteiger partial charge is 0.300 e. The number of ether oxygens (including phenoxy) is 1. The molecule has 0 bridgehead atoms. The number of rotatable bonds is 4. The fourth-order valence-electron chi connectivity index (χ4n) is 4.24.